The second kappa shape index (κ2) is 8.02. The number of hydrogen-bond donors (Lipinski definition) is 0. The summed E-state index contributed by atoms with van der Waals surface area (Å²) in [7, 11) is 0. The lowest BCUT2D eigenvalue weighted by Crippen LogP contribution is -2.34. The molecule has 152 valence electrons. The lowest BCUT2D eigenvalue weighted by molar-refractivity contribution is -0.131. The molecule has 0 unspecified atom stereocenters. The van der Waals surface area contributed by atoms with E-state index in [-0.39, 0.29) is 11.3 Å². The van der Waals surface area contributed by atoms with Gasteiger partial charge in [-0.15, -0.1) is 0 Å². The van der Waals surface area contributed by atoms with Crippen LogP contribution in [0.4, 0.5) is 0 Å². The van der Waals surface area contributed by atoms with Gasteiger partial charge in [-0.3, -0.25) is 4.79 Å². The third-order valence-corrected chi connectivity index (χ3v) is 5.92. The molecule has 3 aromatic rings. The van der Waals surface area contributed by atoms with Crippen LogP contribution in [0.1, 0.15) is 52.0 Å². The zero-order chi connectivity index (χ0) is 20.4. The van der Waals surface area contributed by atoms with Gasteiger partial charge in [-0.05, 0) is 36.0 Å². The van der Waals surface area contributed by atoms with Crippen LogP contribution in [0.25, 0.3) is 22.4 Å². The zero-order valence-electron chi connectivity index (χ0n) is 17.8. The van der Waals surface area contributed by atoms with E-state index >= 15 is 0 Å². The average molecular weight is 390 g/mol. The Hall–Kier alpha value is -2.62. The minimum absolute atomic E-state index is 0.113. The van der Waals surface area contributed by atoms with Gasteiger partial charge in [0.25, 0.3) is 0 Å². The van der Waals surface area contributed by atoms with Crippen molar-refractivity contribution in [2.45, 2.75) is 58.4 Å². The smallest absolute Gasteiger partial charge is 0.242 e. The average Bonchev–Trinajstić information content (AvgIpc) is 2.88. The van der Waals surface area contributed by atoms with Crippen LogP contribution in [-0.4, -0.2) is 33.4 Å². The zero-order valence-corrected chi connectivity index (χ0v) is 17.8. The fourth-order valence-corrected chi connectivity index (χ4v) is 4.13. The molecule has 1 amide bonds. The van der Waals surface area contributed by atoms with E-state index in [0.29, 0.717) is 6.54 Å². The van der Waals surface area contributed by atoms with Crippen LogP contribution in [0.5, 0.6) is 0 Å². The fourth-order valence-electron chi connectivity index (χ4n) is 4.13. The normalized spacial score (nSPS) is 15.5. The summed E-state index contributed by atoms with van der Waals surface area (Å²) < 4.78 is 2.09. The number of nitrogens with zero attached hydrogens (tertiary/aromatic N) is 3. The highest BCUT2D eigenvalue weighted by Crippen LogP contribution is 2.28. The number of fused-ring (bicyclic) bond motifs is 1. The molecule has 0 saturated carbocycles. The summed E-state index contributed by atoms with van der Waals surface area (Å²) in [6, 6.07) is 16.7. The maximum Gasteiger partial charge on any atom is 0.242 e. The van der Waals surface area contributed by atoms with E-state index in [1.54, 1.807) is 0 Å². The number of carbonyl (C=O) groups excluding carboxylic acids is 1. The number of carbonyl (C=O) groups is 1. The Morgan fingerprint density at radius 3 is 2.24 bits per heavy atom. The number of hydrogen-bond acceptors (Lipinski definition) is 2. The van der Waals surface area contributed by atoms with Crippen molar-refractivity contribution in [1.29, 1.82) is 0 Å². The van der Waals surface area contributed by atoms with Crippen LogP contribution in [0.2, 0.25) is 0 Å². The molecule has 0 N–H and O–H groups in total. The maximum absolute atomic E-state index is 13.1. The molecule has 4 nitrogen and oxygen atoms in total. The fraction of sp³-hybridized carbons (Fsp3) is 0.440. The van der Waals surface area contributed by atoms with Gasteiger partial charge in [-0.1, -0.05) is 70.0 Å². The summed E-state index contributed by atoms with van der Waals surface area (Å²) >= 11 is 0. The van der Waals surface area contributed by atoms with Gasteiger partial charge >= 0.3 is 0 Å². The van der Waals surface area contributed by atoms with E-state index in [0.717, 1.165) is 48.4 Å². The molecular weight excluding hydrogens is 358 g/mol. The van der Waals surface area contributed by atoms with E-state index in [2.05, 4.69) is 55.7 Å². The summed E-state index contributed by atoms with van der Waals surface area (Å²) in [5.74, 6) is 1.07. The third kappa shape index (κ3) is 4.21. The number of amides is 1. The van der Waals surface area contributed by atoms with Gasteiger partial charge in [0.1, 0.15) is 12.4 Å². The van der Waals surface area contributed by atoms with Crippen LogP contribution >= 0.6 is 0 Å². The number of likely N-dealkylation sites (tertiary alicyclic amines) is 1. The maximum atomic E-state index is 13.1. The largest absolute Gasteiger partial charge is 0.341 e. The van der Waals surface area contributed by atoms with Gasteiger partial charge in [0.2, 0.25) is 5.91 Å². The summed E-state index contributed by atoms with van der Waals surface area (Å²) in [6.07, 6.45) is 4.67. The predicted molar refractivity (Wildman–Crippen MR) is 119 cm³/mol. The second-order valence-electron chi connectivity index (χ2n) is 9.13. The highest BCUT2D eigenvalue weighted by Gasteiger charge is 2.20. The number of para-hydroxylation sites is 2. The summed E-state index contributed by atoms with van der Waals surface area (Å²) in [5, 5.41) is 0. The number of rotatable bonds is 3. The molecular formula is C25H31N3O. The van der Waals surface area contributed by atoms with Crippen LogP contribution in [0.15, 0.2) is 48.5 Å². The molecule has 2 heterocycles. The van der Waals surface area contributed by atoms with Crippen LogP contribution in [0, 0.1) is 0 Å². The molecule has 1 aromatic heterocycles. The quantitative estimate of drug-likeness (QED) is 0.601. The van der Waals surface area contributed by atoms with Crippen LogP contribution in [-0.2, 0) is 16.8 Å². The molecule has 0 radical (unpaired) electrons. The van der Waals surface area contributed by atoms with Gasteiger partial charge < -0.3 is 9.47 Å². The standard InChI is InChI=1S/C25H31N3O/c1-25(2,3)20-14-12-19(13-15-20)24-26-21-10-6-7-11-22(21)28(24)18-23(29)27-16-8-4-5-9-17-27/h6-7,10-15H,4-5,8-9,16-18H2,1-3H3. The van der Waals surface area contributed by atoms with Gasteiger partial charge in [0.05, 0.1) is 11.0 Å². The minimum Gasteiger partial charge on any atom is -0.341 e. The van der Waals surface area contributed by atoms with E-state index in [4.69, 9.17) is 4.98 Å². The highest BCUT2D eigenvalue weighted by atomic mass is 16.2. The molecule has 1 aliphatic rings. The van der Waals surface area contributed by atoms with Crippen molar-refractivity contribution in [3.8, 4) is 11.4 Å². The van der Waals surface area contributed by atoms with E-state index < -0.39 is 0 Å². The molecule has 29 heavy (non-hydrogen) atoms. The lowest BCUT2D eigenvalue weighted by Gasteiger charge is -2.22. The van der Waals surface area contributed by atoms with E-state index in [1.165, 1.54) is 18.4 Å². The summed E-state index contributed by atoms with van der Waals surface area (Å²) in [4.78, 5) is 20.0. The van der Waals surface area contributed by atoms with Crippen molar-refractivity contribution in [2.24, 2.45) is 0 Å². The Labute approximate surface area is 173 Å². The van der Waals surface area contributed by atoms with Crippen molar-refractivity contribution in [2.75, 3.05) is 13.1 Å². The first kappa shape index (κ1) is 19.7. The number of imidazole rings is 1. The van der Waals surface area contributed by atoms with Crippen molar-refractivity contribution < 1.29 is 4.79 Å². The molecule has 0 spiro atoms. The SMILES string of the molecule is CC(C)(C)c1ccc(-c2nc3ccccc3n2CC(=O)N2CCCCCC2)cc1. The first-order valence-electron chi connectivity index (χ1n) is 10.8. The number of benzene rings is 2. The Kier molecular flexibility index (Phi) is 5.44. The summed E-state index contributed by atoms with van der Waals surface area (Å²) in [5.41, 5.74) is 4.42. The Bertz CT molecular complexity index is 987. The van der Waals surface area contributed by atoms with Crippen molar-refractivity contribution in [1.82, 2.24) is 14.5 Å². The number of aromatic nitrogens is 2. The highest BCUT2D eigenvalue weighted by molar-refractivity contribution is 5.84. The Balaban J connectivity index is 1.70. The molecule has 0 aliphatic carbocycles. The van der Waals surface area contributed by atoms with Gasteiger partial charge in [-0.25, -0.2) is 4.98 Å². The second-order valence-corrected chi connectivity index (χ2v) is 9.13. The molecule has 1 saturated heterocycles. The molecule has 4 heteroatoms. The van der Waals surface area contributed by atoms with Crippen LogP contribution in [0.3, 0.4) is 0 Å². The molecule has 0 atom stereocenters. The van der Waals surface area contributed by atoms with Crippen molar-refractivity contribution in [3.63, 3.8) is 0 Å². The monoisotopic (exact) mass is 389 g/mol. The van der Waals surface area contributed by atoms with Crippen molar-refractivity contribution in [3.05, 3.63) is 54.1 Å². The van der Waals surface area contributed by atoms with Crippen molar-refractivity contribution >= 4 is 16.9 Å². The van der Waals surface area contributed by atoms with Crippen LogP contribution < -0.4 is 0 Å². The molecule has 0 bridgehead atoms. The summed E-state index contributed by atoms with van der Waals surface area (Å²) in [6.45, 7) is 8.75. The van der Waals surface area contributed by atoms with Gasteiger partial charge in [0, 0.05) is 18.7 Å². The first-order valence-corrected chi connectivity index (χ1v) is 10.8. The minimum atomic E-state index is 0.113. The molecule has 1 fully saturated rings. The first-order chi connectivity index (χ1) is 13.9. The van der Waals surface area contributed by atoms with Gasteiger partial charge in [0.15, 0.2) is 0 Å². The third-order valence-electron chi connectivity index (χ3n) is 5.92. The molecule has 2 aromatic carbocycles. The predicted octanol–water partition coefficient (Wildman–Crippen LogP) is 5.40. The van der Waals surface area contributed by atoms with Gasteiger partial charge in [-0.2, -0.15) is 0 Å². The molecule has 4 rings (SSSR count). The Morgan fingerprint density at radius 2 is 1.59 bits per heavy atom. The van der Waals surface area contributed by atoms with E-state index in [1.807, 2.05) is 23.1 Å². The topological polar surface area (TPSA) is 38.1 Å². The lowest BCUT2D eigenvalue weighted by atomic mass is 9.87. The Morgan fingerprint density at radius 1 is 0.931 bits per heavy atom. The molecule has 1 aliphatic heterocycles. The van der Waals surface area contributed by atoms with E-state index in [9.17, 15) is 4.79 Å².